The first-order chi connectivity index (χ1) is 52.1. The number of ether oxygens (including phenoxy) is 11. The molecule has 0 aliphatic rings. The summed E-state index contributed by atoms with van der Waals surface area (Å²) in [5, 5.41) is 76.3. The minimum atomic E-state index is -4.67. The summed E-state index contributed by atoms with van der Waals surface area (Å²) in [6.45, 7) is 23.0. The van der Waals surface area contributed by atoms with Gasteiger partial charge in [-0.15, -0.1) is 0 Å². The van der Waals surface area contributed by atoms with Crippen LogP contribution in [0.4, 0.5) is 0 Å². The van der Waals surface area contributed by atoms with Gasteiger partial charge in [0.1, 0.15) is 0 Å². The SMILES string of the molecule is CC(=O)OC(C)=O.CCCO.CCCOC(=O)Cc1ccc(OC(C)=O)c(OCC)c1.CCOc1cc(C(O)C(=O)O)ccc1O.CCOc1cc(C(OC(C)=O)C(=O)O)ccc1OC(C)=O.CCOc1cc(CC(=O)O)ccc1OC(C)=O.CCOc1ccccc1O.CO.O.O=CC(=O)O.O=S(=O)(O)O.[B].[B][B].[B][B][B].[Na+].[OH-]. The van der Waals surface area contributed by atoms with E-state index in [-0.39, 0.29) is 114 Å². The van der Waals surface area contributed by atoms with Crippen LogP contribution >= 0.6 is 0 Å². The van der Waals surface area contributed by atoms with Crippen molar-refractivity contribution in [2.75, 3.05) is 53.4 Å². The summed E-state index contributed by atoms with van der Waals surface area (Å²) < 4.78 is 86.4. The molecule has 5 aromatic carbocycles. The second kappa shape index (κ2) is 80.4. The molecule has 0 aliphatic carbocycles. The number of aliphatic hydroxyl groups is 3. The second-order valence-corrected chi connectivity index (χ2v) is 20.2. The number of phenolic OH excluding ortho intramolecular Hbond substituents is 2. The molecule has 14 N–H and O–H groups in total. The van der Waals surface area contributed by atoms with Crippen molar-refractivity contribution in [3.05, 3.63) is 119 Å². The fraction of sp³-hybridized carbons (Fsp3) is 0.391. The summed E-state index contributed by atoms with van der Waals surface area (Å²) >= 11 is 0. The zero-order valence-corrected chi connectivity index (χ0v) is 69.0. The Hall–Kier alpha value is -10.2. The smallest absolute Gasteiger partial charge is 0.870 e. The number of carbonyl (C=O) groups is 12. The quantitative estimate of drug-likeness (QED) is 0.00537. The Morgan fingerprint density at radius 3 is 1.13 bits per heavy atom. The zero-order valence-electron chi connectivity index (χ0n) is 66.2. The van der Waals surface area contributed by atoms with Gasteiger partial charge in [-0.2, -0.15) is 8.42 Å². The number of phenols is 2. The summed E-state index contributed by atoms with van der Waals surface area (Å²) in [7, 11) is 14.3. The van der Waals surface area contributed by atoms with E-state index in [1.807, 2.05) is 33.8 Å². The van der Waals surface area contributed by atoms with E-state index in [2.05, 4.69) is 35.7 Å². The van der Waals surface area contributed by atoms with E-state index >= 15 is 0 Å². The molecular formula is C69H97B6NaO38S. The first-order valence-corrected chi connectivity index (χ1v) is 33.6. The van der Waals surface area contributed by atoms with Gasteiger partial charge in [0.15, 0.2) is 63.6 Å². The summed E-state index contributed by atoms with van der Waals surface area (Å²) in [5.41, 5.74) is 1.73. The van der Waals surface area contributed by atoms with Crippen LogP contribution in [-0.2, 0) is 95.0 Å². The average Bonchev–Trinajstić information content (AvgIpc) is 0.842. The summed E-state index contributed by atoms with van der Waals surface area (Å²) in [5.74, 6) is -5.86. The third-order valence-electron chi connectivity index (χ3n) is 10.2. The molecule has 115 heavy (non-hydrogen) atoms. The number of aliphatic hydroxyl groups excluding tert-OH is 3. The van der Waals surface area contributed by atoms with E-state index < -0.39 is 82.3 Å². The van der Waals surface area contributed by atoms with E-state index in [4.69, 9.17) is 110 Å². The van der Waals surface area contributed by atoms with Crippen LogP contribution in [0.5, 0.6) is 57.5 Å². The van der Waals surface area contributed by atoms with Crippen molar-refractivity contribution in [3.8, 4) is 57.5 Å². The van der Waals surface area contributed by atoms with Crippen LogP contribution < -0.4 is 67.5 Å². The van der Waals surface area contributed by atoms with Crippen molar-refractivity contribution in [3.63, 3.8) is 0 Å². The maximum atomic E-state index is 11.6. The van der Waals surface area contributed by atoms with Crippen LogP contribution in [0.15, 0.2) is 97.1 Å². The first-order valence-electron chi connectivity index (χ1n) is 32.2. The Kier molecular flexibility index (Phi) is 89.7. The van der Waals surface area contributed by atoms with Crippen LogP contribution in [0.2, 0.25) is 0 Å². The average molecular weight is 1650 g/mol. The Labute approximate surface area is 696 Å². The largest absolute Gasteiger partial charge is 1.00 e. The molecule has 0 saturated heterocycles. The van der Waals surface area contributed by atoms with E-state index in [0.29, 0.717) is 80.6 Å². The maximum absolute atomic E-state index is 11.6. The number of hydrogen-bond acceptors (Lipinski definition) is 31. The minimum Gasteiger partial charge on any atom is -0.870 e. The summed E-state index contributed by atoms with van der Waals surface area (Å²) in [4.78, 5) is 125. The van der Waals surface area contributed by atoms with Crippen LogP contribution in [-0.4, -0.2) is 246 Å². The second-order valence-electron chi connectivity index (χ2n) is 19.4. The number of rotatable bonds is 26. The Morgan fingerprint density at radius 2 is 0.826 bits per heavy atom. The molecule has 0 saturated carbocycles. The molecule has 2 unspecified atom stereocenters. The Morgan fingerprint density at radius 1 is 0.496 bits per heavy atom. The van der Waals surface area contributed by atoms with Gasteiger partial charge in [0, 0.05) is 107 Å². The third-order valence-corrected chi connectivity index (χ3v) is 10.2. The van der Waals surface area contributed by atoms with Crippen LogP contribution in [0.3, 0.4) is 0 Å². The van der Waals surface area contributed by atoms with Crippen molar-refractivity contribution in [2.45, 2.75) is 128 Å². The molecule has 0 heterocycles. The Balaban J connectivity index is -0.000000121. The van der Waals surface area contributed by atoms with Crippen molar-refractivity contribution in [1.82, 2.24) is 0 Å². The van der Waals surface area contributed by atoms with Crippen molar-refractivity contribution >= 4 is 129 Å². The molecule has 0 fully saturated rings. The molecule has 5 aromatic rings. The molecule has 46 heteroatoms. The molecule has 38 nitrogen and oxygen atoms in total. The maximum Gasteiger partial charge on any atom is 1.00 e. The number of para-hydroxylation sites is 2. The standard InChI is InChI=1S/C15H20O5.C14H16O7.C12H14O5.C10H12O5.C8H10O2.C4H6O3.C3H8O.C2H2O3.CH4O.B3.B2.B.Na.H2O4S.2H2O/c1-4-8-19-15(17)10-12-6-7-13(20-11(3)16)14(9-12)18-5-2;1-4-19-12-7-10(5-6-11(12)20-8(2)15)13(14(17)18)21-9(3)16;1-3-16-11-6-9(7-12(14)15)4-5-10(11)17-8(2)13;1-2-15-8-5-6(3-4-7(8)11)9(12)10(13)14;1-2-10-8-6-4-3-5-7(8)9;1-3(5)7-4(2)6;1-2-3-4;3-1-2(4)5;1-2;1-3-2;1-2;;;1-5(2,3)4;;/h6-7,9H,4-5,8,10H2,1-3H3;5-7,13H,4H2,1-3H3,(H,17,18);4-6H,3,7H2,1-2H3,(H,14,15);3-5,9,11-12H,2H2,1H3,(H,13,14);3-6,9H,2H2,1H3;1-2H3;4H,2-3H2,1H3;1H,(H,4,5);2H,1H3;;;;;(H2,1,2,3,4);2*1H2/q;;;;;;;;;;;;+1;;;/p-1. The molecule has 0 bridgehead atoms. The molecule has 0 spiro atoms. The van der Waals surface area contributed by atoms with Gasteiger partial charge >= 0.3 is 106 Å². The van der Waals surface area contributed by atoms with E-state index in [0.717, 1.165) is 39.5 Å². The molecular weight excluding hydrogens is 1560 g/mol. The molecule has 2 atom stereocenters. The third kappa shape index (κ3) is 76.2. The molecule has 0 amide bonds. The zero-order chi connectivity index (χ0) is 87.4. The number of hydrogen-bond donors (Lipinski definition) is 11. The summed E-state index contributed by atoms with van der Waals surface area (Å²) in [6, 6.07) is 24.7. The van der Waals surface area contributed by atoms with Crippen LogP contribution in [0.25, 0.3) is 0 Å². The van der Waals surface area contributed by atoms with E-state index in [1.165, 1.54) is 77.1 Å². The van der Waals surface area contributed by atoms with Gasteiger partial charge in [0.05, 0.1) is 52.5 Å². The number of aliphatic carboxylic acids is 4. The monoisotopic (exact) mass is 1650 g/mol. The van der Waals surface area contributed by atoms with E-state index in [9.17, 15) is 58.2 Å². The van der Waals surface area contributed by atoms with Gasteiger partial charge in [0.25, 0.3) is 0 Å². The van der Waals surface area contributed by atoms with Crippen molar-refractivity contribution in [2.24, 2.45) is 0 Å². The van der Waals surface area contributed by atoms with Gasteiger partial charge < -0.3 is 109 Å². The van der Waals surface area contributed by atoms with Crippen LogP contribution in [0.1, 0.15) is 137 Å². The number of benzene rings is 5. The van der Waals surface area contributed by atoms with Crippen molar-refractivity contribution < 1.29 is 214 Å². The number of esters is 7. The predicted molar refractivity (Wildman–Crippen MR) is 412 cm³/mol. The summed E-state index contributed by atoms with van der Waals surface area (Å²) in [6.07, 6.45) is -1.49. The van der Waals surface area contributed by atoms with Gasteiger partial charge in [-0.05, 0) is 125 Å². The fourth-order valence-electron chi connectivity index (χ4n) is 6.62. The van der Waals surface area contributed by atoms with Crippen LogP contribution in [0, 0.1) is 0 Å². The van der Waals surface area contributed by atoms with Gasteiger partial charge in [0.2, 0.25) is 12.4 Å². The molecule has 5 rings (SSSR count). The molecule has 626 valence electrons. The number of aldehydes is 1. The Bertz CT molecular complexity index is 3650. The molecule has 12 radical (unpaired) electrons. The molecule has 0 aliphatic heterocycles. The number of carbonyl (C=O) groups excluding carboxylic acids is 8. The normalized spacial score (nSPS) is 9.35. The molecule has 0 aromatic heterocycles. The number of carboxylic acid groups (broad SMARTS) is 4. The first kappa shape index (κ1) is 128. The van der Waals surface area contributed by atoms with E-state index in [1.54, 1.807) is 69.3 Å². The fourth-order valence-corrected chi connectivity index (χ4v) is 6.62. The number of carboxylic acids is 4. The van der Waals surface area contributed by atoms with Gasteiger partial charge in [-0.1, -0.05) is 50.2 Å². The van der Waals surface area contributed by atoms with Gasteiger partial charge in [-0.25, -0.2) is 14.4 Å². The topological polar surface area (TPSA) is 625 Å². The predicted octanol–water partition coefficient (Wildman–Crippen LogP) is 0.971. The number of aromatic hydroxyl groups is 2. The van der Waals surface area contributed by atoms with Gasteiger partial charge in [-0.3, -0.25) is 52.3 Å². The minimum absolute atomic E-state index is 0. The van der Waals surface area contributed by atoms with Crippen molar-refractivity contribution in [1.29, 1.82) is 0 Å².